The van der Waals surface area contributed by atoms with Crippen molar-refractivity contribution in [2.24, 2.45) is 0 Å². The number of unbranched alkanes of at least 4 members (excludes halogenated alkanes) is 34. The predicted molar refractivity (Wildman–Crippen MR) is 302 cm³/mol. The number of hydrogen-bond acceptors (Lipinski definition) is 6. The Labute approximate surface area is 434 Å². The molecule has 0 aliphatic carbocycles. The SMILES string of the molecule is CC/C=C\C/C=C\C/C=C\C/C=C\CCCCCCCCCCCCCCCCCCCCCCCCC(=O)OCC(COC(=O)CCCCCCCC)OC(=O)CCCCCCC/C=C\CCCC. The Kier molecular flexibility index (Phi) is 56.3. The first kappa shape index (κ1) is 67.1. The second-order valence-electron chi connectivity index (χ2n) is 20.2. The molecule has 0 rings (SSSR count). The van der Waals surface area contributed by atoms with Gasteiger partial charge in [-0.25, -0.2) is 0 Å². The molecule has 0 aromatic heterocycles. The highest BCUT2D eigenvalue weighted by molar-refractivity contribution is 5.71. The van der Waals surface area contributed by atoms with E-state index in [0.717, 1.165) is 96.3 Å². The second-order valence-corrected chi connectivity index (χ2v) is 20.2. The fourth-order valence-electron chi connectivity index (χ4n) is 8.71. The number of carbonyl (C=O) groups is 3. The molecule has 0 amide bonds. The average molecular weight is 980 g/mol. The van der Waals surface area contributed by atoms with Crippen LogP contribution < -0.4 is 0 Å². The maximum atomic E-state index is 12.7. The Bertz CT molecular complexity index is 1260. The van der Waals surface area contributed by atoms with Gasteiger partial charge in [0.25, 0.3) is 0 Å². The Balaban J connectivity index is 3.85. The zero-order valence-corrected chi connectivity index (χ0v) is 46.5. The van der Waals surface area contributed by atoms with Crippen molar-refractivity contribution in [1.29, 1.82) is 0 Å². The lowest BCUT2D eigenvalue weighted by atomic mass is 10.0. The molecule has 0 aromatic carbocycles. The summed E-state index contributed by atoms with van der Waals surface area (Å²) in [6, 6.07) is 0. The summed E-state index contributed by atoms with van der Waals surface area (Å²) >= 11 is 0. The molecule has 6 nitrogen and oxygen atoms in total. The van der Waals surface area contributed by atoms with E-state index in [2.05, 4.69) is 81.5 Å². The molecule has 0 saturated heterocycles. The van der Waals surface area contributed by atoms with Gasteiger partial charge in [0.15, 0.2) is 6.10 Å². The molecule has 0 aliphatic rings. The number of ether oxygens (including phenoxy) is 3. The summed E-state index contributed by atoms with van der Waals surface area (Å²) in [6.07, 6.45) is 74.3. The molecule has 70 heavy (non-hydrogen) atoms. The minimum atomic E-state index is -0.770. The van der Waals surface area contributed by atoms with E-state index in [0.29, 0.717) is 19.3 Å². The van der Waals surface area contributed by atoms with Crippen molar-refractivity contribution in [2.75, 3.05) is 13.2 Å². The molecule has 1 unspecified atom stereocenters. The summed E-state index contributed by atoms with van der Waals surface area (Å²) in [5.74, 6) is -0.882. The van der Waals surface area contributed by atoms with Crippen LogP contribution in [0.5, 0.6) is 0 Å². The Morgan fingerprint density at radius 1 is 0.300 bits per heavy atom. The van der Waals surface area contributed by atoms with Gasteiger partial charge in [0.05, 0.1) is 0 Å². The first-order chi connectivity index (χ1) is 34.5. The molecular formula is C64H114O6. The van der Waals surface area contributed by atoms with Crippen molar-refractivity contribution in [3.05, 3.63) is 60.8 Å². The van der Waals surface area contributed by atoms with Crippen molar-refractivity contribution in [3.63, 3.8) is 0 Å². The third-order valence-electron chi connectivity index (χ3n) is 13.3. The van der Waals surface area contributed by atoms with Crippen LogP contribution in [-0.2, 0) is 28.6 Å². The molecule has 1 atom stereocenters. The van der Waals surface area contributed by atoms with E-state index in [9.17, 15) is 14.4 Å². The summed E-state index contributed by atoms with van der Waals surface area (Å²) in [7, 11) is 0. The molecule has 0 bridgehead atoms. The maximum absolute atomic E-state index is 12.7. The molecule has 0 fully saturated rings. The molecule has 0 N–H and O–H groups in total. The molecule has 6 heteroatoms. The van der Waals surface area contributed by atoms with Gasteiger partial charge in [0.2, 0.25) is 0 Å². The average Bonchev–Trinajstić information content (AvgIpc) is 3.36. The Morgan fingerprint density at radius 2 is 0.571 bits per heavy atom. The van der Waals surface area contributed by atoms with Crippen LogP contribution in [0.15, 0.2) is 60.8 Å². The molecule has 0 aromatic rings. The quantitative estimate of drug-likeness (QED) is 0.0261. The standard InChI is InChI=1S/C64H114O6/c1-4-7-10-13-16-18-20-21-22-23-24-25-26-27-28-29-30-31-32-33-34-35-36-37-38-39-40-41-42-43-45-46-48-51-54-57-63(66)69-60-61(59-68-62(65)56-53-50-15-12-9-6-3)70-64(67)58-55-52-49-47-44-19-17-14-11-8-5-2/h7,10,14,16-18,21-22,24-25,61H,4-6,8-9,11-13,15,19-20,23,26-60H2,1-3H3/b10-7-,17-14-,18-16-,22-21-,25-24-. The van der Waals surface area contributed by atoms with Crippen LogP contribution in [0.4, 0.5) is 0 Å². The molecule has 0 heterocycles. The van der Waals surface area contributed by atoms with Crippen LogP contribution in [0.25, 0.3) is 0 Å². The van der Waals surface area contributed by atoms with Crippen molar-refractivity contribution in [1.82, 2.24) is 0 Å². The summed E-state index contributed by atoms with van der Waals surface area (Å²) in [6.45, 7) is 6.44. The highest BCUT2D eigenvalue weighted by atomic mass is 16.6. The molecular weight excluding hydrogens is 865 g/mol. The van der Waals surface area contributed by atoms with Gasteiger partial charge in [0.1, 0.15) is 13.2 Å². The molecule has 0 saturated carbocycles. The Hall–Kier alpha value is -2.89. The maximum Gasteiger partial charge on any atom is 0.306 e. The lowest BCUT2D eigenvalue weighted by molar-refractivity contribution is -0.167. The molecule has 0 aliphatic heterocycles. The zero-order chi connectivity index (χ0) is 50.7. The minimum Gasteiger partial charge on any atom is -0.462 e. The fourth-order valence-corrected chi connectivity index (χ4v) is 8.71. The van der Waals surface area contributed by atoms with Crippen LogP contribution >= 0.6 is 0 Å². The van der Waals surface area contributed by atoms with Crippen LogP contribution in [0.2, 0.25) is 0 Å². The van der Waals surface area contributed by atoms with Gasteiger partial charge in [-0.2, -0.15) is 0 Å². The van der Waals surface area contributed by atoms with Crippen molar-refractivity contribution in [2.45, 2.75) is 316 Å². The number of rotatable bonds is 55. The summed E-state index contributed by atoms with van der Waals surface area (Å²) < 4.78 is 16.7. The van der Waals surface area contributed by atoms with E-state index >= 15 is 0 Å². The fraction of sp³-hybridized carbons (Fsp3) is 0.797. The molecule has 406 valence electrons. The van der Waals surface area contributed by atoms with E-state index < -0.39 is 6.10 Å². The van der Waals surface area contributed by atoms with Crippen molar-refractivity contribution >= 4 is 17.9 Å². The van der Waals surface area contributed by atoms with Crippen molar-refractivity contribution < 1.29 is 28.6 Å². The number of esters is 3. The highest BCUT2D eigenvalue weighted by Gasteiger charge is 2.19. The monoisotopic (exact) mass is 979 g/mol. The molecule has 0 spiro atoms. The normalized spacial score (nSPS) is 12.4. The number of allylic oxidation sites excluding steroid dienone is 10. The zero-order valence-electron chi connectivity index (χ0n) is 46.5. The number of carbonyl (C=O) groups excluding carboxylic acids is 3. The lowest BCUT2D eigenvalue weighted by Gasteiger charge is -2.18. The van der Waals surface area contributed by atoms with Crippen molar-refractivity contribution in [3.8, 4) is 0 Å². The van der Waals surface area contributed by atoms with E-state index in [1.807, 2.05) is 0 Å². The third kappa shape index (κ3) is 56.0. The summed E-state index contributed by atoms with van der Waals surface area (Å²) in [5, 5.41) is 0. The van der Waals surface area contributed by atoms with Gasteiger partial charge in [-0.05, 0) is 77.0 Å². The predicted octanol–water partition coefficient (Wildman–Crippen LogP) is 20.4. The highest BCUT2D eigenvalue weighted by Crippen LogP contribution is 2.17. The van der Waals surface area contributed by atoms with Crippen LogP contribution in [0, 0.1) is 0 Å². The van der Waals surface area contributed by atoms with Gasteiger partial charge < -0.3 is 14.2 Å². The topological polar surface area (TPSA) is 78.9 Å². The van der Waals surface area contributed by atoms with E-state index in [1.54, 1.807) is 0 Å². The van der Waals surface area contributed by atoms with Gasteiger partial charge in [0, 0.05) is 19.3 Å². The van der Waals surface area contributed by atoms with Gasteiger partial charge >= 0.3 is 17.9 Å². The minimum absolute atomic E-state index is 0.0729. The van der Waals surface area contributed by atoms with E-state index in [-0.39, 0.29) is 31.1 Å². The van der Waals surface area contributed by atoms with Crippen LogP contribution in [0.1, 0.15) is 310 Å². The largest absolute Gasteiger partial charge is 0.462 e. The third-order valence-corrected chi connectivity index (χ3v) is 13.3. The Morgan fingerprint density at radius 3 is 0.929 bits per heavy atom. The lowest BCUT2D eigenvalue weighted by Crippen LogP contribution is -2.30. The first-order valence-electron chi connectivity index (χ1n) is 30.3. The second kappa shape index (κ2) is 58.7. The smallest absolute Gasteiger partial charge is 0.306 e. The number of hydrogen-bond donors (Lipinski definition) is 0. The molecule has 0 radical (unpaired) electrons. The summed E-state index contributed by atoms with van der Waals surface area (Å²) in [5.41, 5.74) is 0. The van der Waals surface area contributed by atoms with Gasteiger partial charge in [-0.3, -0.25) is 14.4 Å². The van der Waals surface area contributed by atoms with E-state index in [1.165, 1.54) is 173 Å². The first-order valence-corrected chi connectivity index (χ1v) is 30.3. The van der Waals surface area contributed by atoms with Crippen LogP contribution in [-0.4, -0.2) is 37.2 Å². The summed E-state index contributed by atoms with van der Waals surface area (Å²) in [4.78, 5) is 37.8. The van der Waals surface area contributed by atoms with Gasteiger partial charge in [-0.1, -0.05) is 274 Å². The van der Waals surface area contributed by atoms with Crippen LogP contribution in [0.3, 0.4) is 0 Å². The van der Waals surface area contributed by atoms with E-state index in [4.69, 9.17) is 14.2 Å². The van der Waals surface area contributed by atoms with Gasteiger partial charge in [-0.15, -0.1) is 0 Å².